The van der Waals surface area contributed by atoms with Gasteiger partial charge < -0.3 is 4.70 Å². The van der Waals surface area contributed by atoms with Crippen LogP contribution in [-0.2, 0) is 4.79 Å². The second-order valence-electron chi connectivity index (χ2n) is 1.43. The number of hydrogen-bond acceptors (Lipinski definition) is 2. The molecule has 0 rings (SSSR count). The van der Waals surface area contributed by atoms with E-state index >= 15 is 0 Å². The third kappa shape index (κ3) is 1110. The number of rotatable bonds is 1. The molecule has 0 fully saturated rings. The maximum absolute atomic E-state index is 10.4. The molecule has 0 saturated carbocycles. The minimum Gasteiger partial charge on any atom is -1.00 e. The van der Waals surface area contributed by atoms with E-state index in [1.165, 1.54) is 6.92 Å². The van der Waals surface area contributed by atoms with Crippen molar-refractivity contribution in [2.24, 2.45) is 0 Å². The van der Waals surface area contributed by atoms with Crippen molar-refractivity contribution in [3.05, 3.63) is 12.7 Å². The molecule has 0 aliphatic rings. The van der Waals surface area contributed by atoms with Gasteiger partial charge in [-0.15, -0.1) is 6.58 Å². The lowest BCUT2D eigenvalue weighted by Crippen LogP contribution is -3.00. The summed E-state index contributed by atoms with van der Waals surface area (Å²) in [7, 11) is 0. The molecule has 0 aromatic rings. The van der Waals surface area contributed by atoms with Gasteiger partial charge >= 0.3 is 0 Å². The second kappa shape index (κ2) is 76.7. The summed E-state index contributed by atoms with van der Waals surface area (Å²) in [5.41, 5.74) is 0. The molecule has 0 aliphatic heterocycles. The Kier molecular flexibility index (Phi) is 172. The molecule has 0 atom stereocenters. The van der Waals surface area contributed by atoms with Crippen LogP contribution < -0.4 is 4.70 Å². The standard InChI is InChI=1S/C4H8.C2H3FO.C2H5F.FHO.FH.I2/c1-3-4-2;1-2(3)4;1-2-3;1-2;;1-2/h3H,1,4H2,2H3;1H3;2H2,1H3;2H;1H;/p-1. The van der Waals surface area contributed by atoms with Crippen LogP contribution in [0.1, 0.15) is 27.2 Å². The zero-order valence-corrected chi connectivity index (χ0v) is 13.6. The lowest BCUT2D eigenvalue weighted by Gasteiger charge is -1.57. The summed E-state index contributed by atoms with van der Waals surface area (Å²) in [5.74, 6) is 0. The Hall–Kier alpha value is 0.550. The maximum atomic E-state index is 10.4. The highest BCUT2D eigenvalue weighted by Gasteiger charge is 1.69. The van der Waals surface area contributed by atoms with E-state index in [4.69, 9.17) is 14.6 Å². The Morgan fingerprint density at radius 1 is 1.38 bits per heavy atom. The van der Waals surface area contributed by atoms with Crippen molar-refractivity contribution < 1.29 is 28.1 Å². The molecule has 0 amide bonds. The van der Waals surface area contributed by atoms with Crippen LogP contribution in [-0.4, -0.2) is 18.0 Å². The molecule has 2 nitrogen and oxygen atoms in total. The highest BCUT2D eigenvalue weighted by Crippen LogP contribution is 1.89. The Labute approximate surface area is 117 Å². The van der Waals surface area contributed by atoms with Gasteiger partial charge in [-0.25, -0.2) is 5.31 Å². The third-order valence-electron chi connectivity index (χ3n) is 0.289. The number of hydrogen-bond donors (Lipinski definition) is 1. The van der Waals surface area contributed by atoms with E-state index < -0.39 is 6.04 Å². The Morgan fingerprint density at radius 2 is 1.44 bits per heavy atom. The first-order valence-electron chi connectivity index (χ1n) is 3.70. The summed E-state index contributed by atoms with van der Waals surface area (Å²) in [6, 6.07) is -1.33. The Bertz CT molecular complexity index is 94.1. The van der Waals surface area contributed by atoms with Gasteiger partial charge in [0, 0.05) is 44.2 Å². The minimum atomic E-state index is -1.33. The molecule has 104 valence electrons. The molecular formula is C8H17F4I2O2-. The molecule has 0 radical (unpaired) electrons. The molecule has 1 N–H and O–H groups in total. The fourth-order valence-electron chi connectivity index (χ4n) is 0. The quantitative estimate of drug-likeness (QED) is 0.272. The highest BCUT2D eigenvalue weighted by atomic mass is 128. The summed E-state index contributed by atoms with van der Waals surface area (Å²) in [6.07, 6.45) is 2.96. The first-order valence-corrected chi connectivity index (χ1v) is 9.99. The second-order valence-corrected chi connectivity index (χ2v) is 1.43. The summed E-state index contributed by atoms with van der Waals surface area (Å²) >= 11 is 4.24. The van der Waals surface area contributed by atoms with Crippen molar-refractivity contribution in [2.45, 2.75) is 27.2 Å². The SMILES string of the molecule is C=CCC.CC(=O)F.CCF.II.OF.[F-]. The molecular weight excluding hydrogens is 458 g/mol. The molecule has 16 heavy (non-hydrogen) atoms. The lowest BCUT2D eigenvalue weighted by molar-refractivity contribution is -0.126. The normalized spacial score (nSPS) is 5.06. The van der Waals surface area contributed by atoms with Crippen LogP contribution in [0.25, 0.3) is 0 Å². The molecule has 0 saturated heterocycles. The minimum absolute atomic E-state index is 0. The van der Waals surface area contributed by atoms with Gasteiger partial charge in [0.25, 0.3) is 6.04 Å². The van der Waals surface area contributed by atoms with Crippen LogP contribution >= 0.6 is 37.2 Å². The van der Waals surface area contributed by atoms with Crippen molar-refractivity contribution >= 4 is 43.3 Å². The Morgan fingerprint density at radius 3 is 1.44 bits per heavy atom. The first-order chi connectivity index (χ1) is 7.06. The summed E-state index contributed by atoms with van der Waals surface area (Å²) in [4.78, 5) is 8.78. The van der Waals surface area contributed by atoms with Crippen LogP contribution in [0.4, 0.5) is 13.3 Å². The molecule has 0 unspecified atom stereocenters. The van der Waals surface area contributed by atoms with Crippen LogP contribution in [0, 0.1) is 0 Å². The van der Waals surface area contributed by atoms with Crippen molar-refractivity contribution in [3.8, 4) is 0 Å². The summed E-state index contributed by atoms with van der Waals surface area (Å²) in [5, 5.41) is 5.50. The molecule has 0 heterocycles. The van der Waals surface area contributed by atoms with Gasteiger partial charge in [0.1, 0.15) is 0 Å². The lowest BCUT2D eigenvalue weighted by atomic mass is 10.5. The van der Waals surface area contributed by atoms with Gasteiger partial charge in [0.05, 0.1) is 6.67 Å². The van der Waals surface area contributed by atoms with Crippen molar-refractivity contribution in [1.82, 2.24) is 0 Å². The summed E-state index contributed by atoms with van der Waals surface area (Å²) in [6.45, 7) is 7.61. The molecule has 8 heteroatoms. The zero-order valence-electron chi connectivity index (χ0n) is 9.32. The van der Waals surface area contributed by atoms with Crippen LogP contribution in [0.3, 0.4) is 0 Å². The average Bonchev–Trinajstić information content (AvgIpc) is 2.24. The fourth-order valence-corrected chi connectivity index (χ4v) is 0. The fraction of sp³-hybridized carbons (Fsp3) is 0.625. The van der Waals surface area contributed by atoms with E-state index in [0.29, 0.717) is 0 Å². The van der Waals surface area contributed by atoms with Gasteiger partial charge in [0.2, 0.25) is 0 Å². The summed E-state index contributed by atoms with van der Waals surface area (Å²) < 4.78 is 29.2. The Balaban J connectivity index is -0.0000000199. The predicted octanol–water partition coefficient (Wildman–Crippen LogP) is 1.70. The first kappa shape index (κ1) is 36.0. The molecule has 0 aromatic heterocycles. The van der Waals surface area contributed by atoms with E-state index in [0.717, 1.165) is 13.3 Å². The topological polar surface area (TPSA) is 37.3 Å². The van der Waals surface area contributed by atoms with Crippen molar-refractivity contribution in [2.75, 3.05) is 6.67 Å². The molecule has 0 bridgehead atoms. The largest absolute Gasteiger partial charge is 1.00 e. The van der Waals surface area contributed by atoms with Gasteiger partial charge in [-0.2, -0.15) is 4.39 Å². The van der Waals surface area contributed by atoms with E-state index in [9.17, 15) is 8.78 Å². The van der Waals surface area contributed by atoms with Gasteiger partial charge in [-0.1, -0.05) is 17.5 Å². The molecule has 0 spiro atoms. The highest BCUT2D eigenvalue weighted by molar-refractivity contribution is 15.0. The monoisotopic (exact) mass is 475 g/mol. The van der Waals surface area contributed by atoms with Crippen molar-refractivity contribution in [1.29, 1.82) is 0 Å². The van der Waals surface area contributed by atoms with Gasteiger partial charge in [-0.05, 0) is 13.3 Å². The van der Waals surface area contributed by atoms with Crippen LogP contribution in [0.2, 0.25) is 0 Å². The average molecular weight is 475 g/mol. The van der Waals surface area contributed by atoms with Crippen LogP contribution in [0.5, 0.6) is 0 Å². The third-order valence-corrected chi connectivity index (χ3v) is 0.289. The molecule has 0 aromatic carbocycles. The van der Waals surface area contributed by atoms with E-state index in [1.54, 1.807) is 0 Å². The number of carbonyl (C=O) groups excluding carboxylic acids is 1. The van der Waals surface area contributed by atoms with E-state index in [1.807, 2.05) is 6.08 Å². The zero-order chi connectivity index (χ0) is 13.7. The van der Waals surface area contributed by atoms with Gasteiger partial charge in [0.15, 0.2) is 0 Å². The van der Waals surface area contributed by atoms with Crippen molar-refractivity contribution in [3.63, 3.8) is 0 Å². The number of alkyl halides is 1. The molecule has 0 aliphatic carbocycles. The number of halogens is 6. The smallest absolute Gasteiger partial charge is 0.298 e. The predicted molar refractivity (Wildman–Crippen MR) is 75.3 cm³/mol. The van der Waals surface area contributed by atoms with E-state index in [-0.39, 0.29) is 11.4 Å². The van der Waals surface area contributed by atoms with Gasteiger partial charge in [-0.3, -0.25) is 9.18 Å². The van der Waals surface area contributed by atoms with Crippen LogP contribution in [0.15, 0.2) is 12.7 Å². The number of allylic oxidation sites excluding steroid dienone is 1. The number of carbonyl (C=O) groups is 1. The van der Waals surface area contributed by atoms with E-state index in [2.05, 4.69) is 50.7 Å². The maximum Gasteiger partial charge on any atom is 0.298 e.